The van der Waals surface area contributed by atoms with Crippen molar-refractivity contribution in [3.63, 3.8) is 0 Å². The van der Waals surface area contributed by atoms with Crippen LogP contribution in [0.15, 0.2) is 18.2 Å². The fraction of sp³-hybridized carbons (Fsp3) is 0.630. The fourth-order valence-corrected chi connectivity index (χ4v) is 5.89. The largest absolute Gasteiger partial charge is 0.460 e. The number of fused-ring (bicyclic) bond motifs is 1. The van der Waals surface area contributed by atoms with E-state index in [2.05, 4.69) is 16.3 Å². The van der Waals surface area contributed by atoms with E-state index in [1.165, 1.54) is 5.56 Å². The number of imide groups is 1. The lowest BCUT2D eigenvalue weighted by Gasteiger charge is -2.45. The lowest BCUT2D eigenvalue weighted by molar-refractivity contribution is -0.165. The molecule has 1 aromatic carbocycles. The minimum absolute atomic E-state index is 0.0204. The van der Waals surface area contributed by atoms with E-state index in [0.29, 0.717) is 30.5 Å². The topological polar surface area (TPSA) is 96.0 Å². The van der Waals surface area contributed by atoms with E-state index >= 15 is 0 Å². The smallest absolute Gasteiger partial charge is 0.309 e. The zero-order chi connectivity index (χ0) is 24.9. The predicted octanol–water partition coefficient (Wildman–Crippen LogP) is 2.75. The number of esters is 1. The molecule has 3 aliphatic heterocycles. The number of likely N-dealkylation sites (tertiary alicyclic amines) is 1. The average Bonchev–Trinajstić information content (AvgIpc) is 3.08. The van der Waals surface area contributed by atoms with Crippen molar-refractivity contribution in [1.29, 1.82) is 0 Å². The van der Waals surface area contributed by atoms with Crippen LogP contribution in [0, 0.1) is 5.92 Å². The number of carbonyl (C=O) groups is 4. The van der Waals surface area contributed by atoms with Gasteiger partial charge in [0.2, 0.25) is 11.8 Å². The monoisotopic (exact) mass is 481 g/mol. The molecule has 5 rings (SSSR count). The van der Waals surface area contributed by atoms with Crippen LogP contribution < -0.4 is 5.32 Å². The van der Waals surface area contributed by atoms with Crippen LogP contribution in [-0.2, 0) is 25.7 Å². The van der Waals surface area contributed by atoms with Crippen LogP contribution in [-0.4, -0.2) is 64.3 Å². The molecule has 0 spiro atoms. The number of hydrogen-bond acceptors (Lipinski definition) is 6. The average molecular weight is 482 g/mol. The highest BCUT2D eigenvalue weighted by molar-refractivity contribution is 6.05. The van der Waals surface area contributed by atoms with Crippen molar-refractivity contribution in [3.05, 3.63) is 34.9 Å². The van der Waals surface area contributed by atoms with Gasteiger partial charge in [-0.25, -0.2) is 0 Å². The van der Waals surface area contributed by atoms with Crippen LogP contribution in [0.25, 0.3) is 0 Å². The molecule has 0 bridgehead atoms. The summed E-state index contributed by atoms with van der Waals surface area (Å²) in [6.45, 7) is 8.12. The predicted molar refractivity (Wildman–Crippen MR) is 128 cm³/mol. The number of nitrogens with zero attached hydrogens (tertiary/aromatic N) is 2. The molecule has 1 aromatic rings. The van der Waals surface area contributed by atoms with Crippen molar-refractivity contribution in [3.8, 4) is 0 Å². The van der Waals surface area contributed by atoms with Gasteiger partial charge < -0.3 is 14.5 Å². The van der Waals surface area contributed by atoms with Crippen LogP contribution in [0.1, 0.15) is 86.7 Å². The summed E-state index contributed by atoms with van der Waals surface area (Å²) in [7, 11) is 0. The summed E-state index contributed by atoms with van der Waals surface area (Å²) in [5, 5.41) is 2.36. The van der Waals surface area contributed by atoms with E-state index < -0.39 is 11.6 Å². The number of nitrogens with one attached hydrogen (secondary N) is 1. The second-order valence-electron chi connectivity index (χ2n) is 11.5. The van der Waals surface area contributed by atoms with Crippen molar-refractivity contribution < 1.29 is 23.9 Å². The van der Waals surface area contributed by atoms with Gasteiger partial charge in [-0.15, -0.1) is 0 Å². The van der Waals surface area contributed by atoms with Crippen molar-refractivity contribution in [1.82, 2.24) is 15.1 Å². The third kappa shape index (κ3) is 4.85. The Hall–Kier alpha value is -2.74. The van der Waals surface area contributed by atoms with E-state index in [1.54, 1.807) is 4.90 Å². The van der Waals surface area contributed by atoms with Gasteiger partial charge in [0.15, 0.2) is 0 Å². The first-order valence-corrected chi connectivity index (χ1v) is 12.8. The highest BCUT2D eigenvalue weighted by atomic mass is 16.6. The van der Waals surface area contributed by atoms with E-state index in [9.17, 15) is 19.2 Å². The summed E-state index contributed by atoms with van der Waals surface area (Å²) in [6.07, 6.45) is 4.45. The Morgan fingerprint density at radius 3 is 2.43 bits per heavy atom. The zero-order valence-corrected chi connectivity index (χ0v) is 20.8. The van der Waals surface area contributed by atoms with Crippen LogP contribution >= 0.6 is 0 Å². The first-order chi connectivity index (χ1) is 16.6. The van der Waals surface area contributed by atoms with E-state index in [-0.39, 0.29) is 36.0 Å². The first-order valence-electron chi connectivity index (χ1n) is 12.8. The summed E-state index contributed by atoms with van der Waals surface area (Å²) in [6, 6.07) is 6.05. The number of amides is 3. The highest BCUT2D eigenvalue weighted by Crippen LogP contribution is 2.38. The summed E-state index contributed by atoms with van der Waals surface area (Å²) in [5.41, 5.74) is 2.39. The fourth-order valence-electron chi connectivity index (χ4n) is 5.89. The van der Waals surface area contributed by atoms with Crippen LogP contribution in [0.5, 0.6) is 0 Å². The molecular formula is C27H35N3O5. The number of hydrogen-bond donors (Lipinski definition) is 1. The lowest BCUT2D eigenvalue weighted by atomic mass is 9.77. The molecule has 35 heavy (non-hydrogen) atoms. The minimum Gasteiger partial charge on any atom is -0.460 e. The maximum Gasteiger partial charge on any atom is 0.309 e. The van der Waals surface area contributed by atoms with Gasteiger partial charge in [-0.05, 0) is 89.1 Å². The van der Waals surface area contributed by atoms with Gasteiger partial charge in [0.05, 0.1) is 5.92 Å². The number of benzene rings is 1. The van der Waals surface area contributed by atoms with Crippen LogP contribution in [0.2, 0.25) is 0 Å². The van der Waals surface area contributed by atoms with Gasteiger partial charge >= 0.3 is 5.97 Å². The molecule has 1 N–H and O–H groups in total. The number of carbonyl (C=O) groups excluding carboxylic acids is 4. The Bertz CT molecular complexity index is 1050. The summed E-state index contributed by atoms with van der Waals surface area (Å²) >= 11 is 0. The Balaban J connectivity index is 1.15. The Morgan fingerprint density at radius 1 is 1.06 bits per heavy atom. The number of ether oxygens (including phenoxy) is 1. The standard InChI is InChI=1S/C27H35N3O5/c1-27(2,3)35-26(34)19-12-20(13-19)29-10-8-16(9-11-29)17-4-5-18-15-30(25(33)21(18)14-17)22-6-7-23(31)28-24(22)32/h4-5,14,16,19-20,22H,6-13,15H2,1-3H3,(H,28,31,32). The molecule has 1 atom stereocenters. The first kappa shape index (κ1) is 24.0. The van der Waals surface area contributed by atoms with Crippen LogP contribution in [0.4, 0.5) is 0 Å². The molecule has 8 heteroatoms. The molecule has 4 aliphatic rings. The summed E-state index contributed by atoms with van der Waals surface area (Å²) < 4.78 is 5.53. The Kier molecular flexibility index (Phi) is 6.20. The maximum atomic E-state index is 13.1. The quantitative estimate of drug-likeness (QED) is 0.525. The van der Waals surface area contributed by atoms with Crippen molar-refractivity contribution >= 4 is 23.7 Å². The molecule has 3 heterocycles. The van der Waals surface area contributed by atoms with E-state index in [1.807, 2.05) is 32.9 Å². The molecule has 1 aliphatic carbocycles. The molecule has 0 radical (unpaired) electrons. The van der Waals surface area contributed by atoms with Gasteiger partial charge in [0.1, 0.15) is 11.6 Å². The third-order valence-electron chi connectivity index (χ3n) is 7.92. The molecule has 188 valence electrons. The van der Waals surface area contributed by atoms with Gasteiger partial charge in [-0.2, -0.15) is 0 Å². The maximum absolute atomic E-state index is 13.1. The Morgan fingerprint density at radius 2 is 1.77 bits per heavy atom. The second kappa shape index (κ2) is 9.04. The SMILES string of the molecule is CC(C)(C)OC(=O)C1CC(N2CCC(c3ccc4c(c3)C(=O)N(C3CCC(=O)NC3=O)C4)CC2)C1. The van der Waals surface area contributed by atoms with E-state index in [4.69, 9.17) is 4.74 Å². The van der Waals surface area contributed by atoms with Crippen molar-refractivity contribution in [2.45, 2.75) is 89.4 Å². The lowest BCUT2D eigenvalue weighted by Crippen LogP contribution is -2.52. The summed E-state index contributed by atoms with van der Waals surface area (Å²) in [5.74, 6) is -0.414. The van der Waals surface area contributed by atoms with Crippen molar-refractivity contribution in [2.75, 3.05) is 13.1 Å². The van der Waals surface area contributed by atoms with E-state index in [0.717, 1.165) is 44.3 Å². The second-order valence-corrected chi connectivity index (χ2v) is 11.5. The minimum atomic E-state index is -0.578. The van der Waals surface area contributed by atoms with Gasteiger partial charge in [0, 0.05) is 24.6 Å². The summed E-state index contributed by atoms with van der Waals surface area (Å²) in [4.78, 5) is 53.3. The van der Waals surface area contributed by atoms with Gasteiger partial charge in [0.25, 0.3) is 5.91 Å². The van der Waals surface area contributed by atoms with Gasteiger partial charge in [-0.1, -0.05) is 12.1 Å². The molecule has 1 saturated carbocycles. The normalized spacial score (nSPS) is 27.9. The number of piperidine rings is 2. The highest BCUT2D eigenvalue weighted by Gasteiger charge is 2.42. The number of rotatable bonds is 4. The molecule has 2 saturated heterocycles. The molecule has 3 amide bonds. The molecule has 3 fully saturated rings. The third-order valence-corrected chi connectivity index (χ3v) is 7.92. The molecule has 1 unspecified atom stereocenters. The molecule has 0 aromatic heterocycles. The van der Waals surface area contributed by atoms with Crippen LogP contribution in [0.3, 0.4) is 0 Å². The molecule has 8 nitrogen and oxygen atoms in total. The molecular weight excluding hydrogens is 446 g/mol. The Labute approximate surface area is 206 Å². The zero-order valence-electron chi connectivity index (χ0n) is 20.8. The van der Waals surface area contributed by atoms with Crippen molar-refractivity contribution in [2.24, 2.45) is 5.92 Å². The van der Waals surface area contributed by atoms with Gasteiger partial charge in [-0.3, -0.25) is 24.5 Å².